The van der Waals surface area contributed by atoms with Crippen molar-refractivity contribution in [3.63, 3.8) is 0 Å². The first-order valence-electron chi connectivity index (χ1n) is 6.46. The summed E-state index contributed by atoms with van der Waals surface area (Å²) in [6.45, 7) is 1.88. The number of para-hydroxylation sites is 1. The van der Waals surface area contributed by atoms with Gasteiger partial charge < -0.3 is 5.73 Å². The first-order chi connectivity index (χ1) is 10.2. The Hall–Kier alpha value is -3.13. The van der Waals surface area contributed by atoms with Crippen molar-refractivity contribution in [2.45, 2.75) is 6.92 Å². The van der Waals surface area contributed by atoms with Gasteiger partial charge >= 0.3 is 0 Å². The van der Waals surface area contributed by atoms with E-state index in [4.69, 9.17) is 5.73 Å². The van der Waals surface area contributed by atoms with Crippen LogP contribution in [0.15, 0.2) is 48.8 Å². The van der Waals surface area contributed by atoms with Gasteiger partial charge in [0.2, 0.25) is 0 Å². The van der Waals surface area contributed by atoms with Crippen LogP contribution in [0.4, 0.5) is 5.69 Å². The van der Waals surface area contributed by atoms with Gasteiger partial charge in [0, 0.05) is 28.7 Å². The van der Waals surface area contributed by atoms with E-state index in [0.717, 1.165) is 16.8 Å². The number of aryl methyl sites for hydroxylation is 1. The molecule has 0 saturated heterocycles. The fraction of sp³-hybridized carbons (Fsp3) is 0.0625. The van der Waals surface area contributed by atoms with E-state index in [1.54, 1.807) is 16.9 Å². The highest BCUT2D eigenvalue weighted by Gasteiger charge is 2.10. The van der Waals surface area contributed by atoms with Gasteiger partial charge in [-0.15, -0.1) is 0 Å². The SMILES string of the molecule is Cc1ccc(C#N)c(-n2cc(-c3ccccc3N)cn2)n1. The Bertz CT molecular complexity index is 842. The van der Waals surface area contributed by atoms with E-state index in [-0.39, 0.29) is 0 Å². The molecule has 0 bridgehead atoms. The topological polar surface area (TPSA) is 80.5 Å². The van der Waals surface area contributed by atoms with Gasteiger partial charge in [0.25, 0.3) is 0 Å². The van der Waals surface area contributed by atoms with Crippen LogP contribution in [-0.4, -0.2) is 14.8 Å². The van der Waals surface area contributed by atoms with Crippen LogP contribution in [0.1, 0.15) is 11.3 Å². The lowest BCUT2D eigenvalue weighted by Crippen LogP contribution is -2.02. The van der Waals surface area contributed by atoms with Crippen molar-refractivity contribution in [1.29, 1.82) is 5.26 Å². The number of hydrogen-bond donors (Lipinski definition) is 1. The molecule has 0 radical (unpaired) electrons. The minimum Gasteiger partial charge on any atom is -0.398 e. The zero-order valence-corrected chi connectivity index (χ0v) is 11.5. The molecule has 0 aliphatic rings. The normalized spacial score (nSPS) is 10.3. The monoisotopic (exact) mass is 275 g/mol. The molecule has 0 aliphatic heterocycles. The zero-order chi connectivity index (χ0) is 14.8. The number of anilines is 1. The molecule has 5 nitrogen and oxygen atoms in total. The maximum Gasteiger partial charge on any atom is 0.171 e. The number of benzene rings is 1. The first kappa shape index (κ1) is 12.9. The van der Waals surface area contributed by atoms with Crippen LogP contribution in [0.3, 0.4) is 0 Å². The average molecular weight is 275 g/mol. The van der Waals surface area contributed by atoms with Crippen LogP contribution < -0.4 is 5.73 Å². The number of nitriles is 1. The molecule has 0 unspecified atom stereocenters. The summed E-state index contributed by atoms with van der Waals surface area (Å²) in [5, 5.41) is 13.5. The Labute approximate surface area is 122 Å². The lowest BCUT2D eigenvalue weighted by Gasteiger charge is -2.04. The van der Waals surface area contributed by atoms with E-state index in [9.17, 15) is 5.26 Å². The maximum atomic E-state index is 9.19. The summed E-state index contributed by atoms with van der Waals surface area (Å²) >= 11 is 0. The summed E-state index contributed by atoms with van der Waals surface area (Å²) in [5.74, 6) is 0.526. The molecule has 3 aromatic rings. The van der Waals surface area contributed by atoms with Gasteiger partial charge in [-0.25, -0.2) is 9.67 Å². The molecule has 21 heavy (non-hydrogen) atoms. The van der Waals surface area contributed by atoms with Crippen LogP contribution in [-0.2, 0) is 0 Å². The minimum absolute atomic E-state index is 0.483. The van der Waals surface area contributed by atoms with Gasteiger partial charge in [0.1, 0.15) is 6.07 Å². The summed E-state index contributed by atoms with van der Waals surface area (Å²) in [5.41, 5.74) is 9.78. The molecule has 0 atom stereocenters. The van der Waals surface area contributed by atoms with Crippen molar-refractivity contribution < 1.29 is 0 Å². The van der Waals surface area contributed by atoms with Crippen molar-refractivity contribution in [3.05, 3.63) is 60.0 Å². The average Bonchev–Trinajstić information content (AvgIpc) is 2.97. The van der Waals surface area contributed by atoms with Crippen molar-refractivity contribution in [2.24, 2.45) is 0 Å². The third-order valence-corrected chi connectivity index (χ3v) is 3.21. The quantitative estimate of drug-likeness (QED) is 0.729. The molecular formula is C16H13N5. The predicted octanol–water partition coefficient (Wildman–Crippen LogP) is 2.70. The highest BCUT2D eigenvalue weighted by molar-refractivity contribution is 5.75. The van der Waals surface area contributed by atoms with Gasteiger partial charge in [-0.05, 0) is 25.1 Å². The Balaban J connectivity index is 2.10. The highest BCUT2D eigenvalue weighted by Crippen LogP contribution is 2.25. The predicted molar refractivity (Wildman–Crippen MR) is 80.7 cm³/mol. The van der Waals surface area contributed by atoms with Crippen molar-refractivity contribution in [1.82, 2.24) is 14.8 Å². The Morgan fingerprint density at radius 2 is 2.00 bits per heavy atom. The van der Waals surface area contributed by atoms with Gasteiger partial charge in [0.05, 0.1) is 11.8 Å². The molecule has 2 aromatic heterocycles. The molecule has 1 aromatic carbocycles. The number of pyridine rings is 1. The lowest BCUT2D eigenvalue weighted by atomic mass is 10.1. The molecule has 0 fully saturated rings. The number of nitrogens with two attached hydrogens (primary N) is 1. The molecule has 2 heterocycles. The van der Waals surface area contributed by atoms with E-state index in [1.807, 2.05) is 43.5 Å². The summed E-state index contributed by atoms with van der Waals surface area (Å²) in [7, 11) is 0. The van der Waals surface area contributed by atoms with Gasteiger partial charge in [-0.2, -0.15) is 10.4 Å². The largest absolute Gasteiger partial charge is 0.398 e. The van der Waals surface area contributed by atoms with Gasteiger partial charge in [0.15, 0.2) is 5.82 Å². The second-order valence-electron chi connectivity index (χ2n) is 4.70. The van der Waals surface area contributed by atoms with Crippen molar-refractivity contribution in [3.8, 4) is 23.0 Å². The number of aromatic nitrogens is 3. The zero-order valence-electron chi connectivity index (χ0n) is 11.5. The second kappa shape index (κ2) is 5.10. The molecule has 0 spiro atoms. The fourth-order valence-electron chi connectivity index (χ4n) is 2.14. The number of rotatable bonds is 2. The van der Waals surface area contributed by atoms with Gasteiger partial charge in [-0.1, -0.05) is 18.2 Å². The van der Waals surface area contributed by atoms with Crippen LogP contribution in [0, 0.1) is 18.3 Å². The number of nitrogens with zero attached hydrogens (tertiary/aromatic N) is 4. The van der Waals surface area contributed by atoms with Crippen molar-refractivity contribution >= 4 is 5.69 Å². The number of nitrogen functional groups attached to an aromatic ring is 1. The van der Waals surface area contributed by atoms with E-state index in [1.165, 1.54) is 0 Å². The molecule has 5 heteroatoms. The maximum absolute atomic E-state index is 9.19. The van der Waals surface area contributed by atoms with Gasteiger partial charge in [-0.3, -0.25) is 0 Å². The first-order valence-corrected chi connectivity index (χ1v) is 6.46. The molecular weight excluding hydrogens is 262 g/mol. The molecule has 102 valence electrons. The van der Waals surface area contributed by atoms with Crippen LogP contribution in [0.5, 0.6) is 0 Å². The smallest absolute Gasteiger partial charge is 0.171 e. The fourth-order valence-corrected chi connectivity index (χ4v) is 2.14. The Morgan fingerprint density at radius 1 is 1.19 bits per heavy atom. The lowest BCUT2D eigenvalue weighted by molar-refractivity contribution is 0.837. The van der Waals surface area contributed by atoms with E-state index < -0.39 is 0 Å². The Kier molecular flexibility index (Phi) is 3.13. The highest BCUT2D eigenvalue weighted by atomic mass is 15.3. The summed E-state index contributed by atoms with van der Waals surface area (Å²) < 4.78 is 1.60. The van der Waals surface area contributed by atoms with Crippen LogP contribution in [0.25, 0.3) is 16.9 Å². The number of hydrogen-bond acceptors (Lipinski definition) is 4. The molecule has 0 amide bonds. The van der Waals surface area contributed by atoms with Crippen molar-refractivity contribution in [2.75, 3.05) is 5.73 Å². The van der Waals surface area contributed by atoms with E-state index in [2.05, 4.69) is 16.2 Å². The van der Waals surface area contributed by atoms with E-state index >= 15 is 0 Å². The summed E-state index contributed by atoms with van der Waals surface area (Å²) in [6.07, 6.45) is 3.55. The summed E-state index contributed by atoms with van der Waals surface area (Å²) in [4.78, 5) is 4.39. The van der Waals surface area contributed by atoms with Crippen LogP contribution >= 0.6 is 0 Å². The minimum atomic E-state index is 0.483. The van der Waals surface area contributed by atoms with Crippen LogP contribution in [0.2, 0.25) is 0 Å². The Morgan fingerprint density at radius 3 is 2.76 bits per heavy atom. The molecule has 3 rings (SSSR count). The third-order valence-electron chi connectivity index (χ3n) is 3.21. The molecule has 0 aliphatic carbocycles. The third kappa shape index (κ3) is 2.35. The van der Waals surface area contributed by atoms with E-state index in [0.29, 0.717) is 17.1 Å². The molecule has 2 N–H and O–H groups in total. The summed E-state index contributed by atoms with van der Waals surface area (Å²) in [6, 6.07) is 13.3. The standard InChI is InChI=1S/C16H13N5/c1-11-6-7-12(8-17)16(20-11)21-10-13(9-19-21)14-4-2-3-5-15(14)18/h2-7,9-10H,18H2,1H3. The second-order valence-corrected chi connectivity index (χ2v) is 4.70. The molecule has 0 saturated carbocycles.